The quantitative estimate of drug-likeness (QED) is 0.315. The van der Waals surface area contributed by atoms with E-state index in [0.717, 1.165) is 24.1 Å². The topological polar surface area (TPSA) is 157 Å². The second kappa shape index (κ2) is 11.9. The number of ether oxygens (including phenoxy) is 1. The third kappa shape index (κ3) is 6.02. The molecule has 1 fully saturated rings. The summed E-state index contributed by atoms with van der Waals surface area (Å²) in [5, 5.41) is 24.2. The van der Waals surface area contributed by atoms with E-state index in [4.69, 9.17) is 4.74 Å². The molecular formula is C25H35N5O8S. The SMILES string of the molecule is CCCc1nn(C)c2c1CN(c1cc(S(=O)(=O)N3CCC([C@@H](O)CO[N+](=O)[O-])CC3)ccc1OCC)CC2=O. The van der Waals surface area contributed by atoms with Gasteiger partial charge in [-0.25, -0.2) is 8.42 Å². The van der Waals surface area contributed by atoms with Gasteiger partial charge >= 0.3 is 0 Å². The van der Waals surface area contributed by atoms with Crippen LogP contribution in [0.3, 0.4) is 0 Å². The molecule has 1 N–H and O–H groups in total. The highest BCUT2D eigenvalue weighted by Crippen LogP contribution is 2.37. The van der Waals surface area contributed by atoms with Crippen LogP contribution in [0, 0.1) is 16.0 Å². The first-order valence-electron chi connectivity index (χ1n) is 13.1. The molecule has 1 aromatic carbocycles. The van der Waals surface area contributed by atoms with Crippen LogP contribution in [0.15, 0.2) is 23.1 Å². The second-order valence-corrected chi connectivity index (χ2v) is 11.8. The number of aromatic nitrogens is 2. The Kier molecular flexibility index (Phi) is 8.76. The molecule has 14 heteroatoms. The summed E-state index contributed by atoms with van der Waals surface area (Å²) in [4.78, 5) is 29.7. The van der Waals surface area contributed by atoms with E-state index in [1.807, 2.05) is 11.8 Å². The van der Waals surface area contributed by atoms with Crippen molar-refractivity contribution in [2.24, 2.45) is 13.0 Å². The van der Waals surface area contributed by atoms with E-state index in [9.17, 15) is 28.4 Å². The van der Waals surface area contributed by atoms with Gasteiger partial charge in [-0.3, -0.25) is 9.48 Å². The third-order valence-electron chi connectivity index (χ3n) is 7.27. The summed E-state index contributed by atoms with van der Waals surface area (Å²) in [5.74, 6) is 0.0879. The zero-order valence-electron chi connectivity index (χ0n) is 22.4. The van der Waals surface area contributed by atoms with Gasteiger partial charge in [-0.2, -0.15) is 9.40 Å². The van der Waals surface area contributed by atoms with E-state index >= 15 is 0 Å². The predicted molar refractivity (Wildman–Crippen MR) is 141 cm³/mol. The van der Waals surface area contributed by atoms with Crippen LogP contribution < -0.4 is 9.64 Å². The Hall–Kier alpha value is -3.23. The van der Waals surface area contributed by atoms with Gasteiger partial charge < -0.3 is 19.6 Å². The summed E-state index contributed by atoms with van der Waals surface area (Å²) in [6, 6.07) is 4.67. The first-order chi connectivity index (χ1) is 18.6. The van der Waals surface area contributed by atoms with Gasteiger partial charge in [0.25, 0.3) is 5.09 Å². The lowest BCUT2D eigenvalue weighted by molar-refractivity contribution is -0.759. The molecule has 1 saturated heterocycles. The number of nitrogens with zero attached hydrogens (tertiary/aromatic N) is 5. The van der Waals surface area contributed by atoms with Crippen molar-refractivity contribution < 1.29 is 33.0 Å². The fraction of sp³-hybridized carbons (Fsp3) is 0.600. The molecule has 0 aliphatic carbocycles. The molecule has 0 bridgehead atoms. The van der Waals surface area contributed by atoms with E-state index < -0.39 is 27.8 Å². The molecule has 3 heterocycles. The van der Waals surface area contributed by atoms with Crippen molar-refractivity contribution >= 4 is 21.5 Å². The molecule has 13 nitrogen and oxygen atoms in total. The van der Waals surface area contributed by atoms with E-state index in [1.54, 1.807) is 23.9 Å². The molecule has 39 heavy (non-hydrogen) atoms. The number of rotatable bonds is 11. The maximum absolute atomic E-state index is 13.6. The summed E-state index contributed by atoms with van der Waals surface area (Å²) in [6.45, 7) is 4.61. The molecule has 0 amide bonds. The van der Waals surface area contributed by atoms with Gasteiger partial charge in [0.05, 0.1) is 35.5 Å². The first kappa shape index (κ1) is 28.8. The average molecular weight is 566 g/mol. The van der Waals surface area contributed by atoms with Gasteiger partial charge in [-0.1, -0.05) is 13.3 Å². The fourth-order valence-electron chi connectivity index (χ4n) is 5.35. The van der Waals surface area contributed by atoms with Gasteiger partial charge in [0.1, 0.15) is 18.1 Å². The summed E-state index contributed by atoms with van der Waals surface area (Å²) < 4.78 is 36.0. The van der Waals surface area contributed by atoms with Crippen molar-refractivity contribution in [3.05, 3.63) is 45.3 Å². The maximum Gasteiger partial charge on any atom is 0.294 e. The minimum Gasteiger partial charge on any atom is -0.492 e. The van der Waals surface area contributed by atoms with Gasteiger partial charge in [0.15, 0.2) is 5.78 Å². The number of benzene rings is 1. The average Bonchev–Trinajstić information content (AvgIpc) is 3.23. The molecule has 214 valence electrons. The highest BCUT2D eigenvalue weighted by Gasteiger charge is 2.35. The van der Waals surface area contributed by atoms with E-state index in [2.05, 4.69) is 16.9 Å². The van der Waals surface area contributed by atoms with Crippen molar-refractivity contribution in [2.75, 3.05) is 37.7 Å². The summed E-state index contributed by atoms with van der Waals surface area (Å²) in [5.41, 5.74) is 2.83. The van der Waals surface area contributed by atoms with Crippen LogP contribution in [-0.4, -0.2) is 77.4 Å². The summed E-state index contributed by atoms with van der Waals surface area (Å²) in [6.07, 6.45) is 1.25. The Morgan fingerprint density at radius 1 is 1.23 bits per heavy atom. The lowest BCUT2D eigenvalue weighted by atomic mass is 9.93. The van der Waals surface area contributed by atoms with E-state index in [-0.39, 0.29) is 36.2 Å². The van der Waals surface area contributed by atoms with Crippen LogP contribution in [0.25, 0.3) is 0 Å². The van der Waals surface area contributed by atoms with Crippen LogP contribution in [0.4, 0.5) is 5.69 Å². The Morgan fingerprint density at radius 3 is 2.59 bits per heavy atom. The largest absolute Gasteiger partial charge is 0.492 e. The zero-order valence-corrected chi connectivity index (χ0v) is 23.2. The first-order valence-corrected chi connectivity index (χ1v) is 14.6. The molecule has 2 aromatic rings. The maximum atomic E-state index is 13.6. The Morgan fingerprint density at radius 2 is 1.95 bits per heavy atom. The fourth-order valence-corrected chi connectivity index (χ4v) is 6.84. The molecule has 1 aromatic heterocycles. The van der Waals surface area contributed by atoms with Gasteiger partial charge in [-0.05, 0) is 50.3 Å². The number of carbonyl (C=O) groups excluding carboxylic acids is 1. The van der Waals surface area contributed by atoms with Crippen LogP contribution in [-0.2, 0) is 34.9 Å². The van der Waals surface area contributed by atoms with E-state index in [1.165, 1.54) is 10.4 Å². The van der Waals surface area contributed by atoms with Crippen molar-refractivity contribution in [3.63, 3.8) is 0 Å². The van der Waals surface area contributed by atoms with Crippen molar-refractivity contribution in [1.82, 2.24) is 14.1 Å². The number of hydrogen-bond acceptors (Lipinski definition) is 10. The lowest BCUT2D eigenvalue weighted by Gasteiger charge is -2.34. The third-order valence-corrected chi connectivity index (χ3v) is 9.16. The number of anilines is 1. The monoisotopic (exact) mass is 565 g/mol. The van der Waals surface area contributed by atoms with Gasteiger partial charge in [0, 0.05) is 32.2 Å². The summed E-state index contributed by atoms with van der Waals surface area (Å²) in [7, 11) is -2.12. The molecule has 0 saturated carbocycles. The molecule has 2 aliphatic heterocycles. The highest BCUT2D eigenvalue weighted by molar-refractivity contribution is 7.89. The molecular weight excluding hydrogens is 530 g/mol. The highest BCUT2D eigenvalue weighted by atomic mass is 32.2. The number of ketones is 1. The van der Waals surface area contributed by atoms with Crippen molar-refractivity contribution in [1.29, 1.82) is 0 Å². The smallest absolute Gasteiger partial charge is 0.294 e. The minimum absolute atomic E-state index is 0.0666. The number of aliphatic hydroxyl groups is 1. The Bertz CT molecular complexity index is 1320. The lowest BCUT2D eigenvalue weighted by Crippen LogP contribution is -2.42. The molecule has 1 atom stereocenters. The Labute approximate surface area is 227 Å². The Balaban J connectivity index is 1.58. The standard InChI is InChI=1S/C25H35N5O8S/c1-4-6-20-19-14-28(15-22(31)25(19)27(3)26-20)21-13-18(7-8-24(21)37-5-2)39(35,36)29-11-9-17(10-12-29)23(32)16-38-30(33)34/h7-8,13,17,23,32H,4-6,9-12,14-16H2,1-3H3/t23-/m0/s1. The number of piperidine rings is 1. The van der Waals surface area contributed by atoms with Crippen LogP contribution >= 0.6 is 0 Å². The molecule has 0 spiro atoms. The van der Waals surface area contributed by atoms with Crippen LogP contribution in [0.5, 0.6) is 5.75 Å². The van der Waals surface area contributed by atoms with Crippen molar-refractivity contribution in [3.8, 4) is 5.75 Å². The zero-order chi connectivity index (χ0) is 28.3. The van der Waals surface area contributed by atoms with Crippen molar-refractivity contribution in [2.45, 2.75) is 57.1 Å². The molecule has 0 radical (unpaired) electrons. The number of aryl methyl sites for hydroxylation is 2. The molecule has 2 aliphatic rings. The number of aliphatic hydroxyl groups excluding tert-OH is 1. The predicted octanol–water partition coefficient (Wildman–Crippen LogP) is 1.94. The number of sulfonamides is 1. The molecule has 0 unspecified atom stereocenters. The van der Waals surface area contributed by atoms with Crippen LogP contribution in [0.2, 0.25) is 0 Å². The van der Waals surface area contributed by atoms with E-state index in [0.29, 0.717) is 43.1 Å². The van der Waals surface area contributed by atoms with Crippen LogP contribution in [0.1, 0.15) is 54.9 Å². The minimum atomic E-state index is -3.89. The number of fused-ring (bicyclic) bond motifs is 1. The van der Waals surface area contributed by atoms with Gasteiger partial charge in [-0.15, -0.1) is 10.1 Å². The van der Waals surface area contributed by atoms with Gasteiger partial charge in [0.2, 0.25) is 10.0 Å². The second-order valence-electron chi connectivity index (χ2n) is 9.82. The normalized spacial score (nSPS) is 17.6. The number of hydrogen-bond donors (Lipinski definition) is 1. The number of carbonyl (C=O) groups is 1. The molecule has 4 rings (SSSR count). The summed E-state index contributed by atoms with van der Waals surface area (Å²) >= 11 is 0. The number of Topliss-reactive ketones (excluding diaryl/α,β-unsaturated/α-hetero) is 1.